The summed E-state index contributed by atoms with van der Waals surface area (Å²) in [6, 6.07) is 4.56. The molecule has 0 N–H and O–H groups in total. The Balaban J connectivity index is 3.02. The van der Waals surface area contributed by atoms with Crippen molar-refractivity contribution in [2.45, 2.75) is 24.9 Å². The maximum absolute atomic E-state index is 12.8. The largest absolute Gasteiger partial charge is 0.406 e. The number of alkyl halides is 3. The molecule has 4 nitrogen and oxygen atoms in total. The molecule has 0 bridgehead atoms. The Labute approximate surface area is 125 Å². The van der Waals surface area contributed by atoms with Crippen LogP contribution in [-0.2, 0) is 21.2 Å². The first kappa shape index (κ1) is 18.4. The molecule has 1 atom stereocenters. The van der Waals surface area contributed by atoms with Crippen LogP contribution in [0.5, 0.6) is 0 Å². The van der Waals surface area contributed by atoms with Gasteiger partial charge < -0.3 is 4.90 Å². The van der Waals surface area contributed by atoms with E-state index in [1.54, 1.807) is 0 Å². The molecular weight excluding hydrogens is 326 g/mol. The summed E-state index contributed by atoms with van der Waals surface area (Å²) >= 11 is 0. The van der Waals surface area contributed by atoms with Crippen LogP contribution < -0.4 is 0 Å². The van der Waals surface area contributed by atoms with Crippen LogP contribution in [-0.4, -0.2) is 43.5 Å². The van der Waals surface area contributed by atoms with Crippen LogP contribution in [0.25, 0.3) is 0 Å². The number of sulfone groups is 1. The van der Waals surface area contributed by atoms with Gasteiger partial charge in [0.05, 0.1) is 0 Å². The minimum Gasteiger partial charge on any atom is -0.328 e. The zero-order chi connectivity index (χ0) is 17.1. The van der Waals surface area contributed by atoms with E-state index >= 15 is 0 Å². The Kier molecular flexibility index (Phi) is 5.55. The van der Waals surface area contributed by atoms with Crippen LogP contribution in [0.2, 0.25) is 0 Å². The molecule has 0 heterocycles. The lowest BCUT2D eigenvalue weighted by Crippen LogP contribution is -2.45. The summed E-state index contributed by atoms with van der Waals surface area (Å²) in [7, 11) is -3.82. The first-order valence-corrected chi connectivity index (χ1v) is 8.14. The van der Waals surface area contributed by atoms with Crippen molar-refractivity contribution in [3.63, 3.8) is 0 Å². The molecule has 1 rings (SSSR count). The molecule has 1 amide bonds. The molecule has 0 aliphatic heterocycles. The average molecular weight is 341 g/mol. The van der Waals surface area contributed by atoms with Crippen LogP contribution in [0.15, 0.2) is 24.3 Å². The number of amides is 1. The number of halogens is 4. The summed E-state index contributed by atoms with van der Waals surface area (Å²) in [5.74, 6) is -1.72. The van der Waals surface area contributed by atoms with Crippen molar-refractivity contribution in [3.8, 4) is 0 Å². The second-order valence-corrected chi connectivity index (χ2v) is 7.27. The van der Waals surface area contributed by atoms with Crippen molar-refractivity contribution in [3.05, 3.63) is 35.6 Å². The molecule has 0 saturated carbocycles. The van der Waals surface area contributed by atoms with E-state index < -0.39 is 46.1 Å². The SMILES string of the molecule is C[C@@H](C(=O)N(Cc1ccc(F)cc1)CC(F)(F)F)S(C)(=O)=O. The number of rotatable bonds is 5. The van der Waals surface area contributed by atoms with Gasteiger partial charge in [0.2, 0.25) is 5.91 Å². The monoisotopic (exact) mass is 341 g/mol. The minimum absolute atomic E-state index is 0.264. The van der Waals surface area contributed by atoms with E-state index in [2.05, 4.69) is 0 Å². The van der Waals surface area contributed by atoms with E-state index in [1.807, 2.05) is 0 Å². The van der Waals surface area contributed by atoms with Gasteiger partial charge in [-0.3, -0.25) is 4.79 Å². The molecule has 1 aromatic rings. The number of nitrogens with zero attached hydrogens (tertiary/aromatic N) is 1. The highest BCUT2D eigenvalue weighted by Crippen LogP contribution is 2.20. The maximum Gasteiger partial charge on any atom is 0.406 e. The number of carbonyl (C=O) groups is 1. The van der Waals surface area contributed by atoms with E-state index in [0.717, 1.165) is 25.3 Å². The molecule has 9 heteroatoms. The summed E-state index contributed by atoms with van der Waals surface area (Å²) in [6.07, 6.45) is -3.90. The van der Waals surface area contributed by atoms with Crippen molar-refractivity contribution in [2.75, 3.05) is 12.8 Å². The second-order valence-electron chi connectivity index (χ2n) is 4.91. The predicted molar refractivity (Wildman–Crippen MR) is 72.2 cm³/mol. The van der Waals surface area contributed by atoms with Gasteiger partial charge in [0, 0.05) is 12.8 Å². The lowest BCUT2D eigenvalue weighted by Gasteiger charge is -2.26. The van der Waals surface area contributed by atoms with Gasteiger partial charge >= 0.3 is 6.18 Å². The normalized spacial score (nSPS) is 13.7. The molecular formula is C13H15F4NO3S. The molecule has 0 aliphatic rings. The third-order valence-electron chi connectivity index (χ3n) is 2.96. The van der Waals surface area contributed by atoms with E-state index in [-0.39, 0.29) is 5.56 Å². The zero-order valence-electron chi connectivity index (χ0n) is 11.9. The summed E-state index contributed by atoms with van der Waals surface area (Å²) in [6.45, 7) is -1.01. The molecule has 0 saturated heterocycles. The third-order valence-corrected chi connectivity index (χ3v) is 4.44. The molecule has 22 heavy (non-hydrogen) atoms. The van der Waals surface area contributed by atoms with Crippen LogP contribution in [0.1, 0.15) is 12.5 Å². The van der Waals surface area contributed by atoms with Gasteiger partial charge in [-0.05, 0) is 24.6 Å². The highest BCUT2D eigenvalue weighted by molar-refractivity contribution is 7.92. The van der Waals surface area contributed by atoms with Gasteiger partial charge in [-0.25, -0.2) is 12.8 Å². The summed E-state index contributed by atoms with van der Waals surface area (Å²) in [5.41, 5.74) is 0.264. The third kappa shape index (κ3) is 5.63. The quantitative estimate of drug-likeness (QED) is 0.771. The number of benzene rings is 1. The molecule has 0 spiro atoms. The first-order valence-electron chi connectivity index (χ1n) is 6.19. The fourth-order valence-corrected chi connectivity index (χ4v) is 2.19. The highest BCUT2D eigenvalue weighted by atomic mass is 32.2. The molecule has 0 aliphatic carbocycles. The molecule has 0 fully saturated rings. The predicted octanol–water partition coefficient (Wildman–Crippen LogP) is 2.15. The topological polar surface area (TPSA) is 54.5 Å². The fourth-order valence-electron chi connectivity index (χ4n) is 1.68. The van der Waals surface area contributed by atoms with Crippen molar-refractivity contribution in [1.29, 1.82) is 0 Å². The standard InChI is InChI=1S/C13H15F4NO3S/c1-9(22(2,20)21)12(19)18(8-13(15,16)17)7-10-3-5-11(14)6-4-10/h3-6,9H,7-8H2,1-2H3/t9-/m0/s1. The van der Waals surface area contributed by atoms with Gasteiger partial charge in [0.15, 0.2) is 9.84 Å². The van der Waals surface area contributed by atoms with Crippen LogP contribution in [0.3, 0.4) is 0 Å². The van der Waals surface area contributed by atoms with E-state index in [9.17, 15) is 30.8 Å². The molecule has 0 unspecified atom stereocenters. The van der Waals surface area contributed by atoms with E-state index in [4.69, 9.17) is 0 Å². The molecule has 1 aromatic carbocycles. The van der Waals surface area contributed by atoms with Gasteiger partial charge in [-0.2, -0.15) is 13.2 Å². The first-order chi connectivity index (χ1) is 9.90. The number of hydrogen-bond donors (Lipinski definition) is 0. The number of hydrogen-bond acceptors (Lipinski definition) is 3. The highest BCUT2D eigenvalue weighted by Gasteiger charge is 2.36. The Morgan fingerprint density at radius 3 is 2.14 bits per heavy atom. The van der Waals surface area contributed by atoms with Crippen molar-refractivity contribution in [2.24, 2.45) is 0 Å². The molecule has 124 valence electrons. The fraction of sp³-hybridized carbons (Fsp3) is 0.462. The molecule has 0 aromatic heterocycles. The van der Waals surface area contributed by atoms with Gasteiger partial charge in [-0.15, -0.1) is 0 Å². The Bertz CT molecular complexity index is 626. The Morgan fingerprint density at radius 2 is 1.73 bits per heavy atom. The Hall–Kier alpha value is -1.64. The van der Waals surface area contributed by atoms with Crippen molar-refractivity contribution >= 4 is 15.7 Å². The van der Waals surface area contributed by atoms with E-state index in [1.165, 1.54) is 12.1 Å². The van der Waals surface area contributed by atoms with Crippen molar-refractivity contribution in [1.82, 2.24) is 4.90 Å². The smallest absolute Gasteiger partial charge is 0.328 e. The molecule has 0 radical (unpaired) electrons. The number of carbonyl (C=O) groups excluding carboxylic acids is 1. The summed E-state index contributed by atoms with van der Waals surface area (Å²) in [4.78, 5) is 12.4. The summed E-state index contributed by atoms with van der Waals surface area (Å²) in [5, 5.41) is -1.59. The van der Waals surface area contributed by atoms with Gasteiger partial charge in [0.25, 0.3) is 0 Å². The van der Waals surface area contributed by atoms with E-state index in [0.29, 0.717) is 4.90 Å². The van der Waals surface area contributed by atoms with Crippen molar-refractivity contribution < 1.29 is 30.8 Å². The van der Waals surface area contributed by atoms with Crippen LogP contribution in [0.4, 0.5) is 17.6 Å². The average Bonchev–Trinajstić information content (AvgIpc) is 2.36. The minimum atomic E-state index is -4.67. The Morgan fingerprint density at radius 1 is 1.23 bits per heavy atom. The lowest BCUT2D eigenvalue weighted by molar-refractivity contribution is -0.162. The summed E-state index contributed by atoms with van der Waals surface area (Å²) < 4.78 is 73.3. The van der Waals surface area contributed by atoms with Gasteiger partial charge in [0.1, 0.15) is 17.6 Å². The maximum atomic E-state index is 12.8. The van der Waals surface area contributed by atoms with Gasteiger partial charge in [-0.1, -0.05) is 12.1 Å². The lowest BCUT2D eigenvalue weighted by atomic mass is 10.2. The van der Waals surface area contributed by atoms with Crippen LogP contribution >= 0.6 is 0 Å². The van der Waals surface area contributed by atoms with Crippen LogP contribution in [0, 0.1) is 5.82 Å². The second kappa shape index (κ2) is 6.64. The zero-order valence-corrected chi connectivity index (χ0v) is 12.7.